The van der Waals surface area contributed by atoms with Gasteiger partial charge < -0.3 is 4.74 Å². The number of carbonyl (C=O) groups excluding carboxylic acids is 1. The number of nitrogens with zero attached hydrogens (tertiary/aromatic N) is 1. The van der Waals surface area contributed by atoms with Crippen molar-refractivity contribution in [3.05, 3.63) is 40.4 Å². The highest BCUT2D eigenvalue weighted by Gasteiger charge is 2.12. The third-order valence-electron chi connectivity index (χ3n) is 2.61. The molecule has 4 heteroatoms. The first-order valence-corrected chi connectivity index (χ1v) is 5.65. The maximum absolute atomic E-state index is 11.4. The Morgan fingerprint density at radius 1 is 1.47 bits per heavy atom. The standard InChI is InChI=1S/C13H12ClNO2/c1-17-13(16)11-5-4-9(7-12(11)14)10-3-2-6-15-8-10/h3-7H,2,8H2,1H3. The first-order valence-electron chi connectivity index (χ1n) is 5.28. The van der Waals surface area contributed by atoms with E-state index in [1.807, 2.05) is 12.3 Å². The summed E-state index contributed by atoms with van der Waals surface area (Å²) in [5.41, 5.74) is 2.52. The molecule has 0 radical (unpaired) electrons. The fourth-order valence-electron chi connectivity index (χ4n) is 1.70. The number of aliphatic imine (C=N–C) groups is 1. The fourth-order valence-corrected chi connectivity index (χ4v) is 1.95. The van der Waals surface area contributed by atoms with E-state index in [2.05, 4.69) is 15.8 Å². The molecule has 0 atom stereocenters. The van der Waals surface area contributed by atoms with Gasteiger partial charge >= 0.3 is 5.97 Å². The zero-order valence-corrected chi connectivity index (χ0v) is 10.2. The Bertz CT molecular complexity index is 506. The predicted molar refractivity (Wildman–Crippen MR) is 68.7 cm³/mol. The summed E-state index contributed by atoms with van der Waals surface area (Å²) in [6.07, 6.45) is 4.83. The van der Waals surface area contributed by atoms with Gasteiger partial charge in [0.15, 0.2) is 0 Å². The van der Waals surface area contributed by atoms with Gasteiger partial charge in [-0.15, -0.1) is 0 Å². The normalized spacial score (nSPS) is 14.4. The molecule has 1 aliphatic rings. The van der Waals surface area contributed by atoms with Gasteiger partial charge in [0.25, 0.3) is 0 Å². The molecule has 0 fully saturated rings. The van der Waals surface area contributed by atoms with Crippen LogP contribution in [0.15, 0.2) is 29.3 Å². The van der Waals surface area contributed by atoms with Gasteiger partial charge in [-0.05, 0) is 23.3 Å². The molecule has 0 amide bonds. The Morgan fingerprint density at radius 2 is 2.29 bits per heavy atom. The largest absolute Gasteiger partial charge is 0.465 e. The van der Waals surface area contributed by atoms with E-state index in [1.54, 1.807) is 12.1 Å². The maximum Gasteiger partial charge on any atom is 0.339 e. The smallest absolute Gasteiger partial charge is 0.339 e. The SMILES string of the molecule is COC(=O)c1ccc(C2=CCC=NC2)cc1Cl. The molecule has 1 aromatic rings. The van der Waals surface area contributed by atoms with Crippen LogP contribution in [0.25, 0.3) is 5.57 Å². The average molecular weight is 250 g/mol. The minimum atomic E-state index is -0.419. The predicted octanol–water partition coefficient (Wildman–Crippen LogP) is 2.98. The van der Waals surface area contributed by atoms with Gasteiger partial charge in [-0.2, -0.15) is 0 Å². The lowest BCUT2D eigenvalue weighted by Crippen LogP contribution is -2.03. The molecule has 88 valence electrons. The molecule has 1 heterocycles. The Hall–Kier alpha value is -1.61. The second-order valence-corrected chi connectivity index (χ2v) is 4.08. The molecule has 17 heavy (non-hydrogen) atoms. The van der Waals surface area contributed by atoms with Crippen LogP contribution in [-0.2, 0) is 4.74 Å². The molecule has 0 bridgehead atoms. The van der Waals surface area contributed by atoms with Crippen LogP contribution in [0.1, 0.15) is 22.3 Å². The van der Waals surface area contributed by atoms with E-state index >= 15 is 0 Å². The summed E-state index contributed by atoms with van der Waals surface area (Å²) in [5.74, 6) is -0.419. The number of allylic oxidation sites excluding steroid dienone is 1. The third-order valence-corrected chi connectivity index (χ3v) is 2.92. The van der Waals surface area contributed by atoms with E-state index in [0.29, 0.717) is 17.1 Å². The van der Waals surface area contributed by atoms with Crippen molar-refractivity contribution in [2.45, 2.75) is 6.42 Å². The molecule has 1 aromatic carbocycles. The van der Waals surface area contributed by atoms with Gasteiger partial charge in [0.05, 0.1) is 24.2 Å². The number of hydrogen-bond acceptors (Lipinski definition) is 3. The Morgan fingerprint density at radius 3 is 2.88 bits per heavy atom. The lowest BCUT2D eigenvalue weighted by Gasteiger charge is -2.10. The highest BCUT2D eigenvalue weighted by molar-refractivity contribution is 6.33. The molecule has 0 aliphatic carbocycles. The number of halogens is 1. The highest BCUT2D eigenvalue weighted by atomic mass is 35.5. The lowest BCUT2D eigenvalue weighted by molar-refractivity contribution is 0.0601. The summed E-state index contributed by atoms with van der Waals surface area (Å²) < 4.78 is 4.64. The van der Waals surface area contributed by atoms with Crippen molar-refractivity contribution < 1.29 is 9.53 Å². The van der Waals surface area contributed by atoms with Crippen LogP contribution in [0, 0.1) is 0 Å². The quantitative estimate of drug-likeness (QED) is 0.756. The average Bonchev–Trinajstić information content (AvgIpc) is 2.39. The van der Waals surface area contributed by atoms with Crippen molar-refractivity contribution in [1.82, 2.24) is 0 Å². The minimum Gasteiger partial charge on any atom is -0.465 e. The summed E-state index contributed by atoms with van der Waals surface area (Å²) in [5, 5.41) is 0.407. The maximum atomic E-state index is 11.4. The zero-order chi connectivity index (χ0) is 12.3. The fraction of sp³-hybridized carbons (Fsp3) is 0.231. The number of methoxy groups -OCH3 is 1. The van der Waals surface area contributed by atoms with Crippen molar-refractivity contribution in [1.29, 1.82) is 0 Å². The van der Waals surface area contributed by atoms with Crippen molar-refractivity contribution in [2.75, 3.05) is 13.7 Å². The van der Waals surface area contributed by atoms with Gasteiger partial charge in [0.1, 0.15) is 0 Å². The van der Waals surface area contributed by atoms with E-state index in [4.69, 9.17) is 11.6 Å². The Labute approximate surface area is 105 Å². The van der Waals surface area contributed by atoms with Crippen molar-refractivity contribution in [2.24, 2.45) is 4.99 Å². The van der Waals surface area contributed by atoms with E-state index in [-0.39, 0.29) is 0 Å². The number of carbonyl (C=O) groups is 1. The number of ether oxygens (including phenoxy) is 1. The monoisotopic (exact) mass is 249 g/mol. The van der Waals surface area contributed by atoms with E-state index in [9.17, 15) is 4.79 Å². The molecule has 0 saturated heterocycles. The number of esters is 1. The highest BCUT2D eigenvalue weighted by Crippen LogP contribution is 2.24. The zero-order valence-electron chi connectivity index (χ0n) is 9.44. The van der Waals surface area contributed by atoms with Crippen LogP contribution in [0.3, 0.4) is 0 Å². The molecule has 1 aliphatic heterocycles. The van der Waals surface area contributed by atoms with Crippen LogP contribution in [-0.4, -0.2) is 25.8 Å². The minimum absolute atomic E-state index is 0.387. The van der Waals surface area contributed by atoms with E-state index in [1.165, 1.54) is 7.11 Å². The first kappa shape index (κ1) is 11.9. The van der Waals surface area contributed by atoms with Gasteiger partial charge in [-0.3, -0.25) is 4.99 Å². The van der Waals surface area contributed by atoms with Crippen LogP contribution in [0.5, 0.6) is 0 Å². The Kier molecular flexibility index (Phi) is 3.59. The topological polar surface area (TPSA) is 38.7 Å². The lowest BCUT2D eigenvalue weighted by atomic mass is 10.0. The Balaban J connectivity index is 2.30. The molecular weight excluding hydrogens is 238 g/mol. The molecule has 0 saturated carbocycles. The third kappa shape index (κ3) is 2.56. The van der Waals surface area contributed by atoms with Crippen molar-refractivity contribution >= 4 is 29.4 Å². The van der Waals surface area contributed by atoms with Gasteiger partial charge in [-0.25, -0.2) is 4.79 Å². The summed E-state index contributed by atoms with van der Waals surface area (Å²) >= 11 is 6.06. The summed E-state index contributed by atoms with van der Waals surface area (Å²) in [6.45, 7) is 0.661. The molecule has 0 aromatic heterocycles. The number of hydrogen-bond donors (Lipinski definition) is 0. The summed E-state index contributed by atoms with van der Waals surface area (Å²) in [4.78, 5) is 15.6. The first-order chi connectivity index (χ1) is 8.22. The summed E-state index contributed by atoms with van der Waals surface area (Å²) in [6, 6.07) is 5.33. The molecular formula is C13H12ClNO2. The van der Waals surface area contributed by atoms with E-state index in [0.717, 1.165) is 17.6 Å². The van der Waals surface area contributed by atoms with Crippen molar-refractivity contribution in [3.8, 4) is 0 Å². The van der Waals surface area contributed by atoms with Gasteiger partial charge in [0.2, 0.25) is 0 Å². The number of dihydropyridines is 1. The second-order valence-electron chi connectivity index (χ2n) is 3.67. The van der Waals surface area contributed by atoms with Crippen LogP contribution < -0.4 is 0 Å². The van der Waals surface area contributed by atoms with Crippen molar-refractivity contribution in [3.63, 3.8) is 0 Å². The summed E-state index contributed by atoms with van der Waals surface area (Å²) in [7, 11) is 1.34. The molecule has 0 spiro atoms. The van der Waals surface area contributed by atoms with Gasteiger partial charge in [-0.1, -0.05) is 23.7 Å². The molecule has 0 N–H and O–H groups in total. The van der Waals surface area contributed by atoms with Crippen LogP contribution in [0.2, 0.25) is 5.02 Å². The second kappa shape index (κ2) is 5.15. The molecule has 2 rings (SSSR count). The van der Waals surface area contributed by atoms with Crippen LogP contribution in [0.4, 0.5) is 0 Å². The number of rotatable bonds is 2. The van der Waals surface area contributed by atoms with E-state index < -0.39 is 5.97 Å². The van der Waals surface area contributed by atoms with Crippen LogP contribution >= 0.6 is 11.6 Å². The number of benzene rings is 1. The van der Waals surface area contributed by atoms with Gasteiger partial charge in [0, 0.05) is 12.6 Å². The molecule has 0 unspecified atom stereocenters. The molecule has 3 nitrogen and oxygen atoms in total.